The average Bonchev–Trinajstić information content (AvgIpc) is 2.52. The number of aromatic nitrogens is 2. The number of nitrogens with one attached hydrogen (secondary N) is 2. The van der Waals surface area contributed by atoms with E-state index in [9.17, 15) is 4.79 Å². The van der Waals surface area contributed by atoms with Crippen molar-refractivity contribution in [3.63, 3.8) is 0 Å². The number of piperidine rings is 1. The minimum atomic E-state index is -0.201. The lowest BCUT2D eigenvalue weighted by molar-refractivity contribution is 0.0957. The van der Waals surface area contributed by atoms with Crippen LogP contribution in [0.3, 0.4) is 0 Å². The second-order valence-corrected chi connectivity index (χ2v) is 5.12. The third-order valence-corrected chi connectivity index (χ3v) is 3.64. The normalized spacial score (nSPS) is 18.9. The van der Waals surface area contributed by atoms with Crippen molar-refractivity contribution in [2.24, 2.45) is 5.92 Å². The molecule has 0 bridgehead atoms. The SMILES string of the molecule is CCNCC1CCCN(c2ccc(C(=O)NC)nn2)C1. The van der Waals surface area contributed by atoms with E-state index in [0.717, 1.165) is 32.0 Å². The fourth-order valence-corrected chi connectivity index (χ4v) is 2.53. The molecular weight excluding hydrogens is 254 g/mol. The first-order chi connectivity index (χ1) is 9.74. The zero-order chi connectivity index (χ0) is 14.4. The highest BCUT2D eigenvalue weighted by Crippen LogP contribution is 2.20. The second-order valence-electron chi connectivity index (χ2n) is 5.12. The molecule has 0 aliphatic carbocycles. The van der Waals surface area contributed by atoms with E-state index in [1.54, 1.807) is 13.1 Å². The monoisotopic (exact) mass is 277 g/mol. The van der Waals surface area contributed by atoms with Gasteiger partial charge >= 0.3 is 0 Å². The summed E-state index contributed by atoms with van der Waals surface area (Å²) in [5.74, 6) is 1.32. The van der Waals surface area contributed by atoms with E-state index in [4.69, 9.17) is 0 Å². The van der Waals surface area contributed by atoms with E-state index < -0.39 is 0 Å². The van der Waals surface area contributed by atoms with Gasteiger partial charge in [0.2, 0.25) is 0 Å². The number of hydrogen-bond donors (Lipinski definition) is 2. The first-order valence-corrected chi connectivity index (χ1v) is 7.26. The number of carbonyl (C=O) groups is 1. The summed E-state index contributed by atoms with van der Waals surface area (Å²) >= 11 is 0. The summed E-state index contributed by atoms with van der Waals surface area (Å²) in [6.45, 7) is 6.20. The Morgan fingerprint density at radius 1 is 1.45 bits per heavy atom. The van der Waals surface area contributed by atoms with Crippen LogP contribution < -0.4 is 15.5 Å². The number of hydrogen-bond acceptors (Lipinski definition) is 5. The molecule has 6 heteroatoms. The van der Waals surface area contributed by atoms with Crippen LogP contribution in [0.1, 0.15) is 30.3 Å². The van der Waals surface area contributed by atoms with Gasteiger partial charge in [-0.15, -0.1) is 10.2 Å². The Hall–Kier alpha value is -1.69. The first-order valence-electron chi connectivity index (χ1n) is 7.26. The molecule has 110 valence electrons. The molecule has 1 atom stereocenters. The molecule has 1 aliphatic heterocycles. The molecule has 6 nitrogen and oxygen atoms in total. The summed E-state index contributed by atoms with van der Waals surface area (Å²) in [6, 6.07) is 3.61. The van der Waals surface area contributed by atoms with Gasteiger partial charge in [0.1, 0.15) is 0 Å². The van der Waals surface area contributed by atoms with Crippen LogP contribution in [0.4, 0.5) is 5.82 Å². The quantitative estimate of drug-likeness (QED) is 0.827. The third-order valence-electron chi connectivity index (χ3n) is 3.64. The molecule has 1 aliphatic rings. The topological polar surface area (TPSA) is 70.2 Å². The minimum absolute atomic E-state index is 0.201. The van der Waals surface area contributed by atoms with Crippen molar-refractivity contribution in [2.75, 3.05) is 38.1 Å². The van der Waals surface area contributed by atoms with Crippen LogP contribution in [-0.4, -0.2) is 49.3 Å². The van der Waals surface area contributed by atoms with E-state index in [0.29, 0.717) is 11.6 Å². The van der Waals surface area contributed by atoms with Crippen LogP contribution in [0.2, 0.25) is 0 Å². The van der Waals surface area contributed by atoms with Gasteiger partial charge in [-0.05, 0) is 44.0 Å². The summed E-state index contributed by atoms with van der Waals surface area (Å²) < 4.78 is 0. The van der Waals surface area contributed by atoms with E-state index in [-0.39, 0.29) is 5.91 Å². The van der Waals surface area contributed by atoms with Gasteiger partial charge in [-0.1, -0.05) is 6.92 Å². The van der Waals surface area contributed by atoms with Crippen molar-refractivity contribution in [3.05, 3.63) is 17.8 Å². The van der Waals surface area contributed by atoms with Gasteiger partial charge < -0.3 is 15.5 Å². The predicted octanol–water partition coefficient (Wildman–Crippen LogP) is 0.662. The lowest BCUT2D eigenvalue weighted by Crippen LogP contribution is -2.40. The third kappa shape index (κ3) is 3.66. The fraction of sp³-hybridized carbons (Fsp3) is 0.643. The van der Waals surface area contributed by atoms with Gasteiger partial charge in [-0.2, -0.15) is 0 Å². The predicted molar refractivity (Wildman–Crippen MR) is 78.9 cm³/mol. The molecule has 1 amide bonds. The highest BCUT2D eigenvalue weighted by atomic mass is 16.1. The summed E-state index contributed by atoms with van der Waals surface area (Å²) in [4.78, 5) is 13.7. The summed E-state index contributed by atoms with van der Waals surface area (Å²) in [7, 11) is 1.59. The van der Waals surface area contributed by atoms with E-state index >= 15 is 0 Å². The van der Waals surface area contributed by atoms with Crippen LogP contribution in [0, 0.1) is 5.92 Å². The maximum atomic E-state index is 11.4. The van der Waals surface area contributed by atoms with Crippen LogP contribution in [0.25, 0.3) is 0 Å². The van der Waals surface area contributed by atoms with Gasteiger partial charge in [0.25, 0.3) is 5.91 Å². The van der Waals surface area contributed by atoms with Crippen LogP contribution in [0.15, 0.2) is 12.1 Å². The first kappa shape index (κ1) is 14.7. The fourth-order valence-electron chi connectivity index (χ4n) is 2.53. The minimum Gasteiger partial charge on any atom is -0.355 e. The Morgan fingerprint density at radius 3 is 2.95 bits per heavy atom. The number of rotatable bonds is 5. The van der Waals surface area contributed by atoms with Crippen molar-refractivity contribution < 1.29 is 4.79 Å². The second kappa shape index (κ2) is 7.19. The average molecular weight is 277 g/mol. The van der Waals surface area contributed by atoms with Gasteiger partial charge in [0.15, 0.2) is 11.5 Å². The summed E-state index contributed by atoms with van der Waals surface area (Å²) in [5.41, 5.74) is 0.359. The van der Waals surface area contributed by atoms with Crippen LogP contribution >= 0.6 is 0 Å². The van der Waals surface area contributed by atoms with Gasteiger partial charge in [0, 0.05) is 20.1 Å². The Balaban J connectivity index is 1.98. The number of nitrogens with zero attached hydrogens (tertiary/aromatic N) is 3. The van der Waals surface area contributed by atoms with Crippen LogP contribution in [0.5, 0.6) is 0 Å². The van der Waals surface area contributed by atoms with Gasteiger partial charge in [-0.25, -0.2) is 0 Å². The van der Waals surface area contributed by atoms with Crippen molar-refractivity contribution in [1.29, 1.82) is 0 Å². The molecule has 20 heavy (non-hydrogen) atoms. The summed E-state index contributed by atoms with van der Waals surface area (Å²) in [6.07, 6.45) is 2.43. The Bertz CT molecular complexity index is 434. The molecule has 2 rings (SSSR count). The maximum Gasteiger partial charge on any atom is 0.271 e. The zero-order valence-corrected chi connectivity index (χ0v) is 12.2. The van der Waals surface area contributed by atoms with Gasteiger partial charge in [-0.3, -0.25) is 4.79 Å². The van der Waals surface area contributed by atoms with Crippen molar-refractivity contribution in [2.45, 2.75) is 19.8 Å². The molecule has 0 aromatic carbocycles. The lowest BCUT2D eigenvalue weighted by atomic mass is 9.98. The van der Waals surface area contributed by atoms with Crippen molar-refractivity contribution in [3.8, 4) is 0 Å². The van der Waals surface area contributed by atoms with E-state index in [1.165, 1.54) is 12.8 Å². The molecule has 1 aromatic heterocycles. The molecule has 0 spiro atoms. The molecule has 1 saturated heterocycles. The highest BCUT2D eigenvalue weighted by molar-refractivity contribution is 5.91. The molecule has 2 N–H and O–H groups in total. The zero-order valence-electron chi connectivity index (χ0n) is 12.2. The van der Waals surface area contributed by atoms with Crippen LogP contribution in [-0.2, 0) is 0 Å². The molecule has 1 fully saturated rings. The van der Waals surface area contributed by atoms with E-state index in [1.807, 2.05) is 6.07 Å². The smallest absolute Gasteiger partial charge is 0.271 e. The Kier molecular flexibility index (Phi) is 5.29. The molecule has 1 unspecified atom stereocenters. The van der Waals surface area contributed by atoms with E-state index in [2.05, 4.69) is 32.7 Å². The van der Waals surface area contributed by atoms with Crippen molar-refractivity contribution >= 4 is 11.7 Å². The largest absolute Gasteiger partial charge is 0.355 e. The standard InChI is InChI=1S/C14H23N5O/c1-3-16-9-11-5-4-8-19(10-11)13-7-6-12(17-18-13)14(20)15-2/h6-7,11,16H,3-5,8-10H2,1-2H3,(H,15,20). The number of carbonyl (C=O) groups excluding carboxylic acids is 1. The molecule has 0 radical (unpaired) electrons. The number of anilines is 1. The van der Waals surface area contributed by atoms with Gasteiger partial charge in [0.05, 0.1) is 0 Å². The number of amides is 1. The molecular formula is C14H23N5O. The molecule has 2 heterocycles. The maximum absolute atomic E-state index is 11.4. The lowest BCUT2D eigenvalue weighted by Gasteiger charge is -2.33. The molecule has 1 aromatic rings. The molecule has 0 saturated carbocycles. The summed E-state index contributed by atoms with van der Waals surface area (Å²) in [5, 5.41) is 14.1. The Labute approximate surface area is 120 Å². The van der Waals surface area contributed by atoms with Crippen molar-refractivity contribution in [1.82, 2.24) is 20.8 Å². The highest BCUT2D eigenvalue weighted by Gasteiger charge is 2.21. The Morgan fingerprint density at radius 2 is 2.30 bits per heavy atom.